The van der Waals surface area contributed by atoms with E-state index in [0.29, 0.717) is 5.69 Å². The van der Waals surface area contributed by atoms with E-state index < -0.39 is 5.75 Å². The molecule has 2 rings (SSSR count). The SMILES string of the molecule is [2H]c1nc(C2CC2)c([2H])c(O)c1[2H]. The molecule has 1 saturated carbocycles. The molecule has 0 spiro atoms. The molecule has 0 radical (unpaired) electrons. The molecule has 2 heteroatoms. The van der Waals surface area contributed by atoms with Crippen LogP contribution in [0.1, 0.15) is 28.6 Å². The summed E-state index contributed by atoms with van der Waals surface area (Å²) in [6.07, 6.45) is 1.69. The molecule has 1 aromatic rings. The lowest BCUT2D eigenvalue weighted by molar-refractivity contribution is 0.473. The fourth-order valence-electron chi connectivity index (χ4n) is 0.872. The second-order valence-electron chi connectivity index (χ2n) is 2.48. The van der Waals surface area contributed by atoms with Gasteiger partial charge in [0.05, 0.1) is 4.11 Å². The van der Waals surface area contributed by atoms with E-state index in [0.717, 1.165) is 12.8 Å². The molecular formula is C8H9NO. The zero-order chi connectivity index (χ0) is 9.59. The average molecular weight is 138 g/mol. The third-order valence-electron chi connectivity index (χ3n) is 1.56. The molecule has 0 aromatic carbocycles. The summed E-state index contributed by atoms with van der Waals surface area (Å²) in [5.74, 6) is -0.190. The Kier molecular flexibility index (Phi) is 0.666. The van der Waals surface area contributed by atoms with E-state index in [2.05, 4.69) is 4.98 Å². The highest BCUT2D eigenvalue weighted by Crippen LogP contribution is 2.39. The molecule has 2 nitrogen and oxygen atoms in total. The molecule has 10 heavy (non-hydrogen) atoms. The van der Waals surface area contributed by atoms with Crippen LogP contribution in [-0.4, -0.2) is 10.1 Å². The van der Waals surface area contributed by atoms with Gasteiger partial charge in [-0.3, -0.25) is 4.98 Å². The Hall–Kier alpha value is -1.05. The van der Waals surface area contributed by atoms with Crippen LogP contribution in [0.2, 0.25) is 0 Å². The Morgan fingerprint density at radius 3 is 3.20 bits per heavy atom. The third kappa shape index (κ3) is 0.967. The summed E-state index contributed by atoms with van der Waals surface area (Å²) in [4.78, 5) is 3.83. The smallest absolute Gasteiger partial charge is 0.118 e. The van der Waals surface area contributed by atoms with Gasteiger partial charge in [0.15, 0.2) is 0 Å². The second-order valence-corrected chi connectivity index (χ2v) is 2.48. The summed E-state index contributed by atoms with van der Waals surface area (Å²) < 4.78 is 22.0. The normalized spacial score (nSPS) is 21.4. The minimum atomic E-state index is -0.415. The first-order valence-electron chi connectivity index (χ1n) is 4.78. The number of rotatable bonds is 1. The lowest BCUT2D eigenvalue weighted by Crippen LogP contribution is -1.82. The number of pyridine rings is 1. The van der Waals surface area contributed by atoms with Gasteiger partial charge in [-0.1, -0.05) is 0 Å². The maximum atomic E-state index is 9.31. The highest BCUT2D eigenvalue weighted by atomic mass is 16.3. The maximum Gasteiger partial charge on any atom is 0.118 e. The molecule has 0 aliphatic heterocycles. The van der Waals surface area contributed by atoms with Gasteiger partial charge >= 0.3 is 0 Å². The van der Waals surface area contributed by atoms with Crippen LogP contribution in [0.25, 0.3) is 0 Å². The van der Waals surface area contributed by atoms with Crippen molar-refractivity contribution in [3.63, 3.8) is 0 Å². The maximum absolute atomic E-state index is 9.31. The van der Waals surface area contributed by atoms with Crippen LogP contribution in [0.15, 0.2) is 18.3 Å². The van der Waals surface area contributed by atoms with Crippen molar-refractivity contribution in [3.8, 4) is 5.75 Å². The van der Waals surface area contributed by atoms with E-state index in [1.165, 1.54) is 0 Å². The van der Waals surface area contributed by atoms with Gasteiger partial charge in [-0.05, 0) is 18.9 Å². The van der Waals surface area contributed by atoms with Crippen LogP contribution in [0.4, 0.5) is 0 Å². The molecule has 0 saturated heterocycles. The highest BCUT2D eigenvalue weighted by Gasteiger charge is 2.24. The van der Waals surface area contributed by atoms with Crippen molar-refractivity contribution in [2.24, 2.45) is 0 Å². The average Bonchev–Trinajstić information content (AvgIpc) is 2.91. The van der Waals surface area contributed by atoms with Crippen LogP contribution in [0.5, 0.6) is 5.75 Å². The van der Waals surface area contributed by atoms with Gasteiger partial charge in [-0.25, -0.2) is 0 Å². The number of aromatic nitrogens is 1. The summed E-state index contributed by atoms with van der Waals surface area (Å²) >= 11 is 0. The first-order valence-corrected chi connectivity index (χ1v) is 3.28. The molecular weight excluding hydrogens is 126 g/mol. The topological polar surface area (TPSA) is 33.1 Å². The molecule has 0 unspecified atom stereocenters. The molecule has 0 atom stereocenters. The molecule has 1 aromatic heterocycles. The van der Waals surface area contributed by atoms with Crippen LogP contribution < -0.4 is 0 Å². The van der Waals surface area contributed by atoms with Gasteiger partial charge in [0.1, 0.15) is 5.75 Å². The van der Waals surface area contributed by atoms with E-state index >= 15 is 0 Å². The lowest BCUT2D eigenvalue weighted by atomic mass is 10.2. The van der Waals surface area contributed by atoms with Crippen LogP contribution >= 0.6 is 0 Å². The van der Waals surface area contributed by atoms with Crippen molar-refractivity contribution in [1.29, 1.82) is 0 Å². The van der Waals surface area contributed by atoms with E-state index in [4.69, 9.17) is 4.11 Å². The fourth-order valence-corrected chi connectivity index (χ4v) is 0.872. The lowest BCUT2D eigenvalue weighted by Gasteiger charge is -1.95. The standard InChI is InChI=1S/C8H9NO/c10-7-3-4-9-8(5-7)6-1-2-6/h3-6H,1-2H2,(H,9,10)/i3D,4D,5D. The van der Waals surface area contributed by atoms with Gasteiger partial charge < -0.3 is 5.11 Å². The van der Waals surface area contributed by atoms with Gasteiger partial charge in [-0.15, -0.1) is 0 Å². The monoisotopic (exact) mass is 138 g/mol. The summed E-state index contributed by atoms with van der Waals surface area (Å²) in [5.41, 5.74) is 0.471. The number of hydrogen-bond acceptors (Lipinski definition) is 2. The van der Waals surface area contributed by atoms with E-state index in [1.807, 2.05) is 0 Å². The summed E-state index contributed by atoms with van der Waals surface area (Å²) in [6, 6.07) is -0.432. The van der Waals surface area contributed by atoms with E-state index in [9.17, 15) is 5.11 Å². The van der Waals surface area contributed by atoms with E-state index in [-0.39, 0.29) is 24.2 Å². The van der Waals surface area contributed by atoms with Crippen molar-refractivity contribution in [2.75, 3.05) is 0 Å². The zero-order valence-electron chi connectivity index (χ0n) is 8.39. The predicted molar refractivity (Wildman–Crippen MR) is 37.9 cm³/mol. The van der Waals surface area contributed by atoms with Gasteiger partial charge in [0.25, 0.3) is 0 Å². The zero-order valence-corrected chi connectivity index (χ0v) is 5.39. The third-order valence-corrected chi connectivity index (χ3v) is 1.56. The molecule has 0 bridgehead atoms. The fraction of sp³-hybridized carbons (Fsp3) is 0.375. The molecule has 1 fully saturated rings. The first-order chi connectivity index (χ1) is 6.11. The van der Waals surface area contributed by atoms with Crippen molar-refractivity contribution in [3.05, 3.63) is 24.0 Å². The summed E-state index contributed by atoms with van der Waals surface area (Å²) in [6.45, 7) is 0. The van der Waals surface area contributed by atoms with Gasteiger partial charge in [-0.2, -0.15) is 0 Å². The Morgan fingerprint density at radius 2 is 2.50 bits per heavy atom. The molecule has 0 amide bonds. The molecule has 1 heterocycles. The van der Waals surface area contributed by atoms with Crippen molar-refractivity contribution >= 4 is 0 Å². The minimum absolute atomic E-state index is 0.0801. The molecule has 1 N–H and O–H groups in total. The van der Waals surface area contributed by atoms with Crippen molar-refractivity contribution in [2.45, 2.75) is 18.8 Å². The second kappa shape index (κ2) is 1.97. The summed E-state index contributed by atoms with van der Waals surface area (Å²) in [7, 11) is 0. The minimum Gasteiger partial charge on any atom is -0.508 e. The molecule has 1 aliphatic rings. The van der Waals surface area contributed by atoms with Crippen LogP contribution in [0, 0.1) is 0 Å². The van der Waals surface area contributed by atoms with Crippen molar-refractivity contribution in [1.82, 2.24) is 4.98 Å². The number of aromatic hydroxyl groups is 1. The first kappa shape index (κ1) is 3.37. The van der Waals surface area contributed by atoms with Gasteiger partial charge in [0.2, 0.25) is 0 Å². The van der Waals surface area contributed by atoms with Crippen molar-refractivity contribution < 1.29 is 9.22 Å². The molecule has 52 valence electrons. The quantitative estimate of drug-likeness (QED) is 0.640. The highest BCUT2D eigenvalue weighted by molar-refractivity contribution is 5.25. The molecule has 1 aliphatic carbocycles. The Balaban J connectivity index is 2.58. The summed E-state index contributed by atoms with van der Waals surface area (Å²) in [5, 5.41) is 9.31. The number of hydrogen-bond donors (Lipinski definition) is 1. The largest absolute Gasteiger partial charge is 0.508 e. The van der Waals surface area contributed by atoms with Gasteiger partial charge in [0, 0.05) is 23.8 Å². The Morgan fingerprint density at radius 1 is 1.70 bits per heavy atom. The Bertz CT molecular complexity index is 363. The van der Waals surface area contributed by atoms with E-state index in [1.54, 1.807) is 0 Å². The number of nitrogens with zero attached hydrogens (tertiary/aromatic N) is 1. The van der Waals surface area contributed by atoms with Crippen LogP contribution in [0.3, 0.4) is 0 Å². The predicted octanol–water partition coefficient (Wildman–Crippen LogP) is 1.66. The Labute approximate surface area is 63.7 Å². The van der Waals surface area contributed by atoms with Crippen LogP contribution in [-0.2, 0) is 0 Å².